The fourth-order valence-corrected chi connectivity index (χ4v) is 2.27. The molecule has 2 aromatic carbocycles. The summed E-state index contributed by atoms with van der Waals surface area (Å²) in [7, 11) is 0. The van der Waals surface area contributed by atoms with Gasteiger partial charge in [0.2, 0.25) is 0 Å². The van der Waals surface area contributed by atoms with Crippen molar-refractivity contribution in [3.8, 4) is 5.69 Å². The number of aromatic nitrogens is 2. The molecule has 0 spiro atoms. The maximum atomic E-state index is 4.44. The minimum absolute atomic E-state index is 0.213. The zero-order chi connectivity index (χ0) is 14.7. The van der Waals surface area contributed by atoms with E-state index in [0.29, 0.717) is 0 Å². The number of hydrogen-bond acceptors (Lipinski definition) is 2. The van der Waals surface area contributed by atoms with Gasteiger partial charge in [0.1, 0.15) is 0 Å². The highest BCUT2D eigenvalue weighted by atomic mass is 15.3. The fraction of sp³-hybridized carbons (Fsp3) is 0.167. The Labute approximate surface area is 125 Å². The second-order valence-electron chi connectivity index (χ2n) is 5.29. The van der Waals surface area contributed by atoms with E-state index in [1.54, 1.807) is 0 Å². The molecule has 0 fully saturated rings. The highest BCUT2D eigenvalue weighted by molar-refractivity contribution is 5.46. The lowest BCUT2D eigenvalue weighted by Crippen LogP contribution is -2.05. The zero-order valence-corrected chi connectivity index (χ0v) is 12.3. The van der Waals surface area contributed by atoms with E-state index >= 15 is 0 Å². The summed E-state index contributed by atoms with van der Waals surface area (Å²) in [6, 6.07) is 18.8. The molecule has 1 unspecified atom stereocenters. The molecule has 0 aliphatic carbocycles. The van der Waals surface area contributed by atoms with Gasteiger partial charge in [0, 0.05) is 17.4 Å². The molecule has 3 rings (SSSR count). The Morgan fingerprint density at radius 2 is 1.71 bits per heavy atom. The van der Waals surface area contributed by atoms with Crippen LogP contribution in [0, 0.1) is 6.92 Å². The van der Waals surface area contributed by atoms with E-state index in [9.17, 15) is 0 Å². The molecule has 3 nitrogen and oxygen atoms in total. The number of aryl methyl sites for hydroxylation is 1. The zero-order valence-electron chi connectivity index (χ0n) is 12.3. The van der Waals surface area contributed by atoms with E-state index in [2.05, 4.69) is 66.9 Å². The summed E-state index contributed by atoms with van der Waals surface area (Å²) in [4.78, 5) is 0. The largest absolute Gasteiger partial charge is 0.378 e. The molecular formula is C18H19N3. The molecule has 1 N–H and O–H groups in total. The van der Waals surface area contributed by atoms with Crippen molar-refractivity contribution in [3.63, 3.8) is 0 Å². The van der Waals surface area contributed by atoms with Crippen LogP contribution in [-0.2, 0) is 0 Å². The van der Waals surface area contributed by atoms with Gasteiger partial charge in [-0.05, 0) is 38.1 Å². The highest BCUT2D eigenvalue weighted by Crippen LogP contribution is 2.20. The minimum Gasteiger partial charge on any atom is -0.378 e. The summed E-state index contributed by atoms with van der Waals surface area (Å²) in [5, 5.41) is 7.94. The molecule has 0 radical (unpaired) electrons. The van der Waals surface area contributed by atoms with Crippen LogP contribution in [0.25, 0.3) is 5.69 Å². The van der Waals surface area contributed by atoms with Crippen LogP contribution in [0.1, 0.15) is 24.1 Å². The third-order valence-corrected chi connectivity index (χ3v) is 3.56. The molecule has 0 saturated heterocycles. The van der Waals surface area contributed by atoms with Crippen molar-refractivity contribution >= 4 is 5.69 Å². The van der Waals surface area contributed by atoms with Crippen LogP contribution in [0.3, 0.4) is 0 Å². The number of hydrogen-bond donors (Lipinski definition) is 1. The number of para-hydroxylation sites is 1. The van der Waals surface area contributed by atoms with Gasteiger partial charge in [-0.15, -0.1) is 0 Å². The molecule has 0 bridgehead atoms. The standard InChI is InChI=1S/C18H19N3/c1-14-8-10-17(11-9-14)20-15(2)16-12-19-21(13-16)18-6-4-3-5-7-18/h3-13,15,20H,1-2H3. The predicted molar refractivity (Wildman–Crippen MR) is 86.8 cm³/mol. The first-order valence-corrected chi connectivity index (χ1v) is 7.15. The topological polar surface area (TPSA) is 29.9 Å². The lowest BCUT2D eigenvalue weighted by molar-refractivity contribution is 0.868. The number of anilines is 1. The van der Waals surface area contributed by atoms with Crippen LogP contribution in [0.4, 0.5) is 5.69 Å². The maximum absolute atomic E-state index is 4.44. The van der Waals surface area contributed by atoms with E-state index in [0.717, 1.165) is 11.4 Å². The number of nitrogens with zero attached hydrogens (tertiary/aromatic N) is 2. The Bertz CT molecular complexity index is 699. The number of rotatable bonds is 4. The first-order valence-electron chi connectivity index (χ1n) is 7.15. The second-order valence-corrected chi connectivity index (χ2v) is 5.29. The van der Waals surface area contributed by atoms with Gasteiger partial charge < -0.3 is 5.32 Å². The van der Waals surface area contributed by atoms with Gasteiger partial charge in [0.25, 0.3) is 0 Å². The second kappa shape index (κ2) is 5.83. The third-order valence-electron chi connectivity index (χ3n) is 3.56. The van der Waals surface area contributed by atoms with Crippen molar-refractivity contribution in [1.29, 1.82) is 0 Å². The fourth-order valence-electron chi connectivity index (χ4n) is 2.27. The summed E-state index contributed by atoms with van der Waals surface area (Å²) < 4.78 is 1.91. The van der Waals surface area contributed by atoms with Crippen LogP contribution >= 0.6 is 0 Å². The average Bonchev–Trinajstić information content (AvgIpc) is 3.00. The lowest BCUT2D eigenvalue weighted by Gasteiger charge is -2.13. The molecule has 21 heavy (non-hydrogen) atoms. The van der Waals surface area contributed by atoms with Gasteiger partial charge in [-0.1, -0.05) is 35.9 Å². The molecule has 106 valence electrons. The lowest BCUT2D eigenvalue weighted by atomic mass is 10.1. The van der Waals surface area contributed by atoms with E-state index in [4.69, 9.17) is 0 Å². The van der Waals surface area contributed by atoms with Gasteiger partial charge in [-0.3, -0.25) is 0 Å². The third kappa shape index (κ3) is 3.14. The van der Waals surface area contributed by atoms with Gasteiger partial charge in [-0.25, -0.2) is 4.68 Å². The molecule has 3 heteroatoms. The van der Waals surface area contributed by atoms with Crippen molar-refractivity contribution in [3.05, 3.63) is 78.1 Å². The molecule has 3 aromatic rings. The molecule has 0 amide bonds. The van der Waals surface area contributed by atoms with Crippen LogP contribution in [-0.4, -0.2) is 9.78 Å². The van der Waals surface area contributed by atoms with Crippen molar-refractivity contribution in [2.45, 2.75) is 19.9 Å². The number of nitrogens with one attached hydrogen (secondary N) is 1. The quantitative estimate of drug-likeness (QED) is 0.768. The van der Waals surface area contributed by atoms with Crippen molar-refractivity contribution in [2.24, 2.45) is 0 Å². The maximum Gasteiger partial charge on any atom is 0.0645 e. The van der Waals surface area contributed by atoms with Crippen molar-refractivity contribution < 1.29 is 0 Å². The van der Waals surface area contributed by atoms with Crippen LogP contribution < -0.4 is 5.32 Å². The first-order chi connectivity index (χ1) is 10.2. The Hall–Kier alpha value is -2.55. The normalized spacial score (nSPS) is 12.1. The van der Waals surface area contributed by atoms with Crippen LogP contribution in [0.5, 0.6) is 0 Å². The Balaban J connectivity index is 1.75. The molecule has 1 aromatic heterocycles. The molecule has 1 atom stereocenters. The van der Waals surface area contributed by atoms with Crippen LogP contribution in [0.2, 0.25) is 0 Å². The number of benzene rings is 2. The van der Waals surface area contributed by atoms with Crippen molar-refractivity contribution in [2.75, 3.05) is 5.32 Å². The first kappa shape index (κ1) is 13.4. The van der Waals surface area contributed by atoms with Gasteiger partial charge in [0.05, 0.1) is 17.9 Å². The Morgan fingerprint density at radius 1 is 1.00 bits per heavy atom. The Morgan fingerprint density at radius 3 is 2.43 bits per heavy atom. The van der Waals surface area contributed by atoms with Gasteiger partial charge >= 0.3 is 0 Å². The summed E-state index contributed by atoms with van der Waals surface area (Å²) in [6.07, 6.45) is 3.99. The molecule has 0 saturated carbocycles. The monoisotopic (exact) mass is 277 g/mol. The summed E-state index contributed by atoms with van der Waals surface area (Å²) >= 11 is 0. The molecule has 0 aliphatic rings. The molecule has 0 aliphatic heterocycles. The van der Waals surface area contributed by atoms with E-state index in [1.807, 2.05) is 29.1 Å². The average molecular weight is 277 g/mol. The molecular weight excluding hydrogens is 258 g/mol. The highest BCUT2D eigenvalue weighted by Gasteiger charge is 2.08. The predicted octanol–water partition coefficient (Wildman–Crippen LogP) is 4.35. The van der Waals surface area contributed by atoms with E-state index in [1.165, 1.54) is 11.1 Å². The van der Waals surface area contributed by atoms with E-state index in [-0.39, 0.29) is 6.04 Å². The summed E-state index contributed by atoms with van der Waals surface area (Å²) in [5.41, 5.74) is 4.64. The summed E-state index contributed by atoms with van der Waals surface area (Å²) in [6.45, 7) is 4.24. The Kier molecular flexibility index (Phi) is 3.73. The minimum atomic E-state index is 0.213. The van der Waals surface area contributed by atoms with Crippen molar-refractivity contribution in [1.82, 2.24) is 9.78 Å². The SMILES string of the molecule is Cc1ccc(NC(C)c2cnn(-c3ccccc3)c2)cc1. The van der Waals surface area contributed by atoms with Gasteiger partial charge in [-0.2, -0.15) is 5.10 Å². The smallest absolute Gasteiger partial charge is 0.0645 e. The summed E-state index contributed by atoms with van der Waals surface area (Å²) in [5.74, 6) is 0. The molecule has 1 heterocycles. The van der Waals surface area contributed by atoms with E-state index < -0.39 is 0 Å². The van der Waals surface area contributed by atoms with Gasteiger partial charge in [0.15, 0.2) is 0 Å². The van der Waals surface area contributed by atoms with Crippen LogP contribution in [0.15, 0.2) is 67.0 Å².